The summed E-state index contributed by atoms with van der Waals surface area (Å²) in [5, 5.41) is 17.4. The van der Waals surface area contributed by atoms with E-state index in [0.717, 1.165) is 25.7 Å². The molecule has 104 valence electrons. The molecule has 0 atom stereocenters. The number of hydrogen-bond acceptors (Lipinski definition) is 2. The molecule has 2 nitrogen and oxygen atoms in total. The van der Waals surface area contributed by atoms with Crippen molar-refractivity contribution in [2.75, 3.05) is 13.2 Å². The zero-order valence-corrected chi connectivity index (χ0v) is 13.4. The van der Waals surface area contributed by atoms with Gasteiger partial charge in [0.25, 0.3) is 0 Å². The largest absolute Gasteiger partial charge is 0.396 e. The van der Waals surface area contributed by atoms with Crippen molar-refractivity contribution >= 4 is 16.3 Å². The lowest BCUT2D eigenvalue weighted by atomic mass is 10.2. The highest BCUT2D eigenvalue weighted by atomic mass is 27.0. The van der Waals surface area contributed by atoms with Crippen LogP contribution in [0.5, 0.6) is 0 Å². The van der Waals surface area contributed by atoms with Crippen molar-refractivity contribution in [3.8, 4) is 0 Å². The van der Waals surface area contributed by atoms with Gasteiger partial charge in [-0.15, -0.1) is 5.28 Å². The predicted molar refractivity (Wildman–Crippen MR) is 78.7 cm³/mol. The van der Waals surface area contributed by atoms with E-state index in [1.165, 1.54) is 31.0 Å². The average Bonchev–Trinajstić information content (AvgIpc) is 2.33. The third-order valence-corrected chi connectivity index (χ3v) is 2.49. The Balaban J connectivity index is -0.000000177. The SMILES string of the molecule is CCCCC[CH2][Al].CCCCO.CCCCO. The topological polar surface area (TPSA) is 40.5 Å². The summed E-state index contributed by atoms with van der Waals surface area (Å²) in [6.07, 6.45) is 9.64. The third kappa shape index (κ3) is 48.1. The standard InChI is InChI=1S/C6H13.2C4H10O.Al/c1-3-5-6-4-2;2*1-2-3-4-5;/h1,3-6H2,2H3;2*5H,2-4H2,1H3;. The Bertz CT molecular complexity index is 76.3. The zero-order chi connectivity index (χ0) is 13.8. The Labute approximate surface area is 117 Å². The Morgan fingerprint density at radius 3 is 1.24 bits per heavy atom. The van der Waals surface area contributed by atoms with E-state index in [1.54, 1.807) is 0 Å². The molecule has 0 unspecified atom stereocenters. The molecule has 0 aromatic heterocycles. The van der Waals surface area contributed by atoms with Crippen molar-refractivity contribution in [2.24, 2.45) is 0 Å². The van der Waals surface area contributed by atoms with Crippen LogP contribution in [0, 0.1) is 0 Å². The van der Waals surface area contributed by atoms with Gasteiger partial charge in [-0.1, -0.05) is 59.3 Å². The van der Waals surface area contributed by atoms with Gasteiger partial charge in [0.15, 0.2) is 0 Å². The fraction of sp³-hybridized carbons (Fsp3) is 1.00. The average molecular weight is 260 g/mol. The molecule has 0 rings (SSSR count). The van der Waals surface area contributed by atoms with Crippen LogP contribution >= 0.6 is 0 Å². The van der Waals surface area contributed by atoms with Crippen molar-refractivity contribution in [1.82, 2.24) is 0 Å². The maximum absolute atomic E-state index is 8.07. The van der Waals surface area contributed by atoms with E-state index in [-0.39, 0.29) is 0 Å². The molecule has 17 heavy (non-hydrogen) atoms. The highest BCUT2D eigenvalue weighted by molar-refractivity contribution is 6.08. The molecule has 0 aliphatic heterocycles. The van der Waals surface area contributed by atoms with Crippen molar-refractivity contribution in [1.29, 1.82) is 0 Å². The van der Waals surface area contributed by atoms with Gasteiger partial charge in [-0.25, -0.2) is 0 Å². The first-order valence-electron chi connectivity index (χ1n) is 7.16. The summed E-state index contributed by atoms with van der Waals surface area (Å²) in [6.45, 7) is 7.03. The molecule has 0 amide bonds. The summed E-state index contributed by atoms with van der Waals surface area (Å²) in [6, 6.07) is 0. The molecule has 0 bridgehead atoms. The molecule has 2 radical (unpaired) electrons. The van der Waals surface area contributed by atoms with Gasteiger partial charge in [-0.2, -0.15) is 0 Å². The van der Waals surface area contributed by atoms with Crippen LogP contribution in [0.4, 0.5) is 0 Å². The van der Waals surface area contributed by atoms with Crippen molar-refractivity contribution in [3.05, 3.63) is 0 Å². The molecular weight excluding hydrogens is 227 g/mol. The Kier molecular flexibility index (Phi) is 39.8. The number of hydrogen-bond donors (Lipinski definition) is 2. The van der Waals surface area contributed by atoms with Crippen LogP contribution in [0.15, 0.2) is 0 Å². The van der Waals surface area contributed by atoms with E-state index < -0.39 is 0 Å². The first-order chi connectivity index (χ1) is 8.24. The Morgan fingerprint density at radius 1 is 0.647 bits per heavy atom. The second-order valence-corrected chi connectivity index (χ2v) is 4.58. The van der Waals surface area contributed by atoms with Crippen LogP contribution in [-0.2, 0) is 0 Å². The number of rotatable bonds is 8. The van der Waals surface area contributed by atoms with Gasteiger partial charge in [0.05, 0.1) is 0 Å². The van der Waals surface area contributed by atoms with Crippen LogP contribution in [0.3, 0.4) is 0 Å². The molecule has 0 aromatic rings. The highest BCUT2D eigenvalue weighted by Crippen LogP contribution is 1.99. The van der Waals surface area contributed by atoms with Gasteiger partial charge in [0.2, 0.25) is 0 Å². The van der Waals surface area contributed by atoms with E-state index in [4.69, 9.17) is 10.2 Å². The molecule has 0 saturated heterocycles. The van der Waals surface area contributed by atoms with Crippen molar-refractivity contribution in [3.63, 3.8) is 0 Å². The van der Waals surface area contributed by atoms with Crippen LogP contribution in [0.2, 0.25) is 5.28 Å². The van der Waals surface area contributed by atoms with E-state index >= 15 is 0 Å². The maximum Gasteiger partial charge on any atom is 0.118 e. The lowest BCUT2D eigenvalue weighted by Crippen LogP contribution is -1.75. The van der Waals surface area contributed by atoms with Gasteiger partial charge >= 0.3 is 0 Å². The number of aliphatic hydroxyl groups excluding tert-OH is 2. The lowest BCUT2D eigenvalue weighted by Gasteiger charge is -1.91. The van der Waals surface area contributed by atoms with E-state index in [9.17, 15) is 0 Å². The second kappa shape index (κ2) is 30.0. The smallest absolute Gasteiger partial charge is 0.118 e. The number of aliphatic hydroxyl groups is 2. The minimum Gasteiger partial charge on any atom is -0.396 e. The van der Waals surface area contributed by atoms with Gasteiger partial charge < -0.3 is 10.2 Å². The quantitative estimate of drug-likeness (QED) is 0.516. The second-order valence-electron chi connectivity index (χ2n) is 4.00. The van der Waals surface area contributed by atoms with E-state index in [0.29, 0.717) is 13.2 Å². The van der Waals surface area contributed by atoms with Crippen LogP contribution < -0.4 is 0 Å². The van der Waals surface area contributed by atoms with Gasteiger partial charge in [-0.05, 0) is 12.8 Å². The van der Waals surface area contributed by atoms with E-state index in [1.807, 2.05) is 0 Å². The van der Waals surface area contributed by atoms with Crippen molar-refractivity contribution < 1.29 is 10.2 Å². The third-order valence-electron chi connectivity index (χ3n) is 2.08. The van der Waals surface area contributed by atoms with Crippen LogP contribution in [0.1, 0.15) is 72.1 Å². The maximum atomic E-state index is 8.07. The molecular formula is C14H33AlO2. The van der Waals surface area contributed by atoms with Gasteiger partial charge in [0, 0.05) is 13.2 Å². The molecule has 0 saturated carbocycles. The molecule has 0 heterocycles. The molecule has 0 aliphatic carbocycles. The van der Waals surface area contributed by atoms with E-state index in [2.05, 4.69) is 37.1 Å². The predicted octanol–water partition coefficient (Wildman–Crippen LogP) is 3.71. The first kappa shape index (κ1) is 22.6. The molecule has 3 heteroatoms. The highest BCUT2D eigenvalue weighted by Gasteiger charge is 1.79. The summed E-state index contributed by atoms with van der Waals surface area (Å²) in [7, 11) is 0. The normalized spacial score (nSPS) is 8.76. The number of unbranched alkanes of at least 4 members (excludes halogenated alkanes) is 5. The molecule has 2 N–H and O–H groups in total. The van der Waals surface area contributed by atoms with Gasteiger partial charge in [-0.3, -0.25) is 0 Å². The minimum absolute atomic E-state index is 0.344. The zero-order valence-electron chi connectivity index (χ0n) is 12.2. The monoisotopic (exact) mass is 260 g/mol. The fourth-order valence-electron chi connectivity index (χ4n) is 0.887. The molecule has 0 aliphatic rings. The molecule has 0 spiro atoms. The lowest BCUT2D eigenvalue weighted by molar-refractivity contribution is 0.286. The molecule has 0 aromatic carbocycles. The summed E-state index contributed by atoms with van der Waals surface area (Å²) < 4.78 is 0. The Morgan fingerprint density at radius 2 is 1.06 bits per heavy atom. The fourth-order valence-corrected chi connectivity index (χ4v) is 1.18. The van der Waals surface area contributed by atoms with Crippen LogP contribution in [-0.4, -0.2) is 39.7 Å². The van der Waals surface area contributed by atoms with Crippen molar-refractivity contribution in [2.45, 2.75) is 77.4 Å². The summed E-state index contributed by atoms with van der Waals surface area (Å²) in [5.41, 5.74) is 0. The minimum atomic E-state index is 0.344. The summed E-state index contributed by atoms with van der Waals surface area (Å²) in [4.78, 5) is 0. The van der Waals surface area contributed by atoms with Gasteiger partial charge in [0.1, 0.15) is 16.3 Å². The molecule has 0 fully saturated rings. The first-order valence-corrected chi connectivity index (χ1v) is 7.98. The summed E-state index contributed by atoms with van der Waals surface area (Å²) >= 11 is 2.75. The van der Waals surface area contributed by atoms with Crippen LogP contribution in [0.25, 0.3) is 0 Å². The summed E-state index contributed by atoms with van der Waals surface area (Å²) in [5.74, 6) is 0. The Hall–Kier alpha value is 0.452.